The molecule has 1 aromatic rings. The SMILES string of the molecule is COc1cccc(OC)c1CS(=O)(=O)F. The average molecular weight is 234 g/mol. The van der Waals surface area contributed by atoms with Crippen LogP contribution in [0.3, 0.4) is 0 Å². The van der Waals surface area contributed by atoms with Gasteiger partial charge in [-0.2, -0.15) is 8.42 Å². The molecule has 4 nitrogen and oxygen atoms in total. The molecule has 0 radical (unpaired) electrons. The van der Waals surface area contributed by atoms with Gasteiger partial charge >= 0.3 is 10.2 Å². The summed E-state index contributed by atoms with van der Waals surface area (Å²) in [6, 6.07) is 4.72. The molecule has 0 unspecified atom stereocenters. The number of methoxy groups -OCH3 is 2. The number of hydrogen-bond donors (Lipinski definition) is 0. The fourth-order valence-electron chi connectivity index (χ4n) is 1.24. The van der Waals surface area contributed by atoms with Gasteiger partial charge in [0.15, 0.2) is 0 Å². The van der Waals surface area contributed by atoms with Crippen LogP contribution in [0.1, 0.15) is 5.56 Å². The Morgan fingerprint density at radius 2 is 1.67 bits per heavy atom. The summed E-state index contributed by atoms with van der Waals surface area (Å²) in [5.74, 6) is -0.175. The molecule has 84 valence electrons. The van der Waals surface area contributed by atoms with Crippen LogP contribution in [0.4, 0.5) is 3.89 Å². The Labute approximate surface area is 87.8 Å². The Morgan fingerprint density at radius 1 is 1.20 bits per heavy atom. The van der Waals surface area contributed by atoms with Gasteiger partial charge in [-0.3, -0.25) is 0 Å². The second kappa shape index (κ2) is 4.48. The van der Waals surface area contributed by atoms with E-state index in [0.717, 1.165) is 0 Å². The summed E-state index contributed by atoms with van der Waals surface area (Å²) >= 11 is 0. The topological polar surface area (TPSA) is 52.6 Å². The third-order valence-electron chi connectivity index (χ3n) is 1.85. The molecule has 0 aliphatic heterocycles. The van der Waals surface area contributed by atoms with E-state index in [1.54, 1.807) is 18.2 Å². The van der Waals surface area contributed by atoms with E-state index in [1.165, 1.54) is 14.2 Å². The van der Waals surface area contributed by atoms with E-state index in [1.807, 2.05) is 0 Å². The van der Waals surface area contributed by atoms with E-state index in [9.17, 15) is 12.3 Å². The van der Waals surface area contributed by atoms with Crippen molar-refractivity contribution in [3.63, 3.8) is 0 Å². The van der Waals surface area contributed by atoms with Gasteiger partial charge in [0, 0.05) is 0 Å². The van der Waals surface area contributed by atoms with Crippen LogP contribution in [0, 0.1) is 0 Å². The van der Waals surface area contributed by atoms with Crippen molar-refractivity contribution in [2.45, 2.75) is 5.75 Å². The lowest BCUT2D eigenvalue weighted by molar-refractivity contribution is 0.387. The van der Waals surface area contributed by atoms with Crippen LogP contribution in [-0.2, 0) is 16.0 Å². The predicted octanol–water partition coefficient (Wildman–Crippen LogP) is 1.50. The minimum absolute atomic E-state index is 0.185. The van der Waals surface area contributed by atoms with Gasteiger partial charge < -0.3 is 9.47 Å². The first-order valence-electron chi connectivity index (χ1n) is 4.10. The van der Waals surface area contributed by atoms with E-state index >= 15 is 0 Å². The van der Waals surface area contributed by atoms with Crippen LogP contribution in [0.2, 0.25) is 0 Å². The molecule has 0 amide bonds. The molecular weight excluding hydrogens is 223 g/mol. The van der Waals surface area contributed by atoms with Crippen LogP contribution >= 0.6 is 0 Å². The monoisotopic (exact) mass is 234 g/mol. The molecule has 0 heterocycles. The molecule has 0 aliphatic carbocycles. The van der Waals surface area contributed by atoms with Gasteiger partial charge in [0.25, 0.3) is 0 Å². The highest BCUT2D eigenvalue weighted by molar-refractivity contribution is 7.85. The van der Waals surface area contributed by atoms with Crippen LogP contribution < -0.4 is 9.47 Å². The van der Waals surface area contributed by atoms with Crippen molar-refractivity contribution in [3.8, 4) is 11.5 Å². The summed E-state index contributed by atoms with van der Waals surface area (Å²) in [6.45, 7) is 0. The lowest BCUT2D eigenvalue weighted by Crippen LogP contribution is -2.02. The Kier molecular flexibility index (Phi) is 3.52. The minimum atomic E-state index is -4.60. The van der Waals surface area contributed by atoms with Crippen molar-refractivity contribution in [3.05, 3.63) is 23.8 Å². The molecule has 0 aromatic heterocycles. The van der Waals surface area contributed by atoms with E-state index in [-0.39, 0.29) is 17.1 Å². The molecule has 0 aliphatic rings. The quantitative estimate of drug-likeness (QED) is 0.741. The molecular formula is C9H11FO4S. The predicted molar refractivity (Wildman–Crippen MR) is 53.3 cm³/mol. The van der Waals surface area contributed by atoms with Gasteiger partial charge in [-0.1, -0.05) is 6.07 Å². The third kappa shape index (κ3) is 3.09. The van der Waals surface area contributed by atoms with E-state index in [2.05, 4.69) is 0 Å². The summed E-state index contributed by atoms with van der Waals surface area (Å²) in [6.07, 6.45) is 0. The highest BCUT2D eigenvalue weighted by atomic mass is 32.3. The van der Waals surface area contributed by atoms with Crippen LogP contribution in [0.15, 0.2) is 18.2 Å². The van der Waals surface area contributed by atoms with Crippen molar-refractivity contribution in [1.82, 2.24) is 0 Å². The molecule has 0 N–H and O–H groups in total. The zero-order chi connectivity index (χ0) is 11.5. The van der Waals surface area contributed by atoms with Gasteiger partial charge in [0.1, 0.15) is 17.3 Å². The Balaban J connectivity index is 3.22. The maximum absolute atomic E-state index is 12.6. The second-order valence-corrected chi connectivity index (χ2v) is 4.19. The fourth-order valence-corrected chi connectivity index (χ4v) is 1.87. The van der Waals surface area contributed by atoms with Crippen LogP contribution in [0.5, 0.6) is 11.5 Å². The van der Waals surface area contributed by atoms with Gasteiger partial charge in [-0.25, -0.2) is 0 Å². The van der Waals surface area contributed by atoms with E-state index in [0.29, 0.717) is 0 Å². The Bertz CT molecular complexity index is 419. The summed E-state index contributed by atoms with van der Waals surface area (Å²) in [5, 5.41) is 0. The highest BCUT2D eigenvalue weighted by Gasteiger charge is 2.17. The third-order valence-corrected chi connectivity index (χ3v) is 2.48. The van der Waals surface area contributed by atoms with E-state index < -0.39 is 16.0 Å². The van der Waals surface area contributed by atoms with Gasteiger partial charge in [-0.15, -0.1) is 3.89 Å². The van der Waals surface area contributed by atoms with Crippen LogP contribution in [0.25, 0.3) is 0 Å². The highest BCUT2D eigenvalue weighted by Crippen LogP contribution is 2.30. The lowest BCUT2D eigenvalue weighted by atomic mass is 10.2. The molecule has 0 saturated carbocycles. The van der Waals surface area contributed by atoms with Crippen molar-refractivity contribution in [2.75, 3.05) is 14.2 Å². The summed E-state index contributed by atoms with van der Waals surface area (Å²) < 4.78 is 43.5. The summed E-state index contributed by atoms with van der Waals surface area (Å²) in [7, 11) is -1.85. The molecule has 0 saturated heterocycles. The van der Waals surface area contributed by atoms with Crippen LogP contribution in [-0.4, -0.2) is 22.6 Å². The van der Waals surface area contributed by atoms with Crippen molar-refractivity contribution >= 4 is 10.2 Å². The fraction of sp³-hybridized carbons (Fsp3) is 0.333. The maximum atomic E-state index is 12.6. The standard InChI is InChI=1S/C9H11FO4S/c1-13-8-4-3-5-9(14-2)7(8)6-15(10,11)12/h3-5H,6H2,1-2H3. The van der Waals surface area contributed by atoms with Crippen molar-refractivity contribution in [2.24, 2.45) is 0 Å². The lowest BCUT2D eigenvalue weighted by Gasteiger charge is -2.10. The van der Waals surface area contributed by atoms with Crippen molar-refractivity contribution < 1.29 is 21.8 Å². The Morgan fingerprint density at radius 3 is 2.00 bits per heavy atom. The molecule has 15 heavy (non-hydrogen) atoms. The molecule has 0 atom stereocenters. The number of halogens is 1. The zero-order valence-corrected chi connectivity index (χ0v) is 9.17. The van der Waals surface area contributed by atoms with E-state index in [4.69, 9.17) is 9.47 Å². The normalized spacial score (nSPS) is 11.1. The first-order chi connectivity index (χ1) is 6.98. The van der Waals surface area contributed by atoms with Gasteiger partial charge in [0.2, 0.25) is 0 Å². The summed E-state index contributed by atoms with van der Waals surface area (Å²) in [5.41, 5.74) is 0.185. The molecule has 0 spiro atoms. The molecule has 1 rings (SSSR count). The molecule has 0 fully saturated rings. The number of hydrogen-bond acceptors (Lipinski definition) is 4. The first kappa shape index (κ1) is 11.8. The zero-order valence-electron chi connectivity index (χ0n) is 8.36. The van der Waals surface area contributed by atoms with Crippen molar-refractivity contribution in [1.29, 1.82) is 0 Å². The number of ether oxygens (including phenoxy) is 2. The average Bonchev–Trinajstić information content (AvgIpc) is 2.16. The molecule has 6 heteroatoms. The Hall–Kier alpha value is -1.30. The first-order valence-corrected chi connectivity index (χ1v) is 5.65. The molecule has 1 aromatic carbocycles. The number of rotatable bonds is 4. The number of benzene rings is 1. The second-order valence-electron chi connectivity index (χ2n) is 2.82. The van der Waals surface area contributed by atoms with Gasteiger partial charge in [-0.05, 0) is 12.1 Å². The molecule has 0 bridgehead atoms. The summed E-state index contributed by atoms with van der Waals surface area (Å²) in [4.78, 5) is 0. The largest absolute Gasteiger partial charge is 0.496 e. The van der Waals surface area contributed by atoms with Gasteiger partial charge in [0.05, 0.1) is 19.8 Å². The minimum Gasteiger partial charge on any atom is -0.496 e. The smallest absolute Gasteiger partial charge is 0.306 e. The maximum Gasteiger partial charge on any atom is 0.306 e.